The number of halogens is 2. The van der Waals surface area contributed by atoms with Crippen LogP contribution < -0.4 is 5.32 Å². The van der Waals surface area contributed by atoms with Crippen molar-refractivity contribution in [2.75, 3.05) is 11.5 Å². The molecule has 0 aliphatic carbocycles. The van der Waals surface area contributed by atoms with E-state index in [2.05, 4.69) is 5.32 Å². The molecule has 0 spiro atoms. The second kappa shape index (κ2) is 6.84. The smallest absolute Gasteiger partial charge is 0.341 e. The monoisotopic (exact) mass is 363 g/mol. The molecular weight excluding hydrogens is 349 g/mol. The van der Waals surface area contributed by atoms with Gasteiger partial charge in [0, 0.05) is 11.1 Å². The van der Waals surface area contributed by atoms with E-state index >= 15 is 0 Å². The normalized spacial score (nSPS) is 20.7. The Labute approximate surface area is 137 Å². The second-order valence-electron chi connectivity index (χ2n) is 5.28. The average Bonchev–Trinajstić information content (AvgIpc) is 2.80. The van der Waals surface area contributed by atoms with Gasteiger partial charge < -0.3 is 10.1 Å². The topological polar surface area (TPSA) is 89.5 Å². The average molecular weight is 364 g/mol. The van der Waals surface area contributed by atoms with Crippen LogP contribution in [0.3, 0.4) is 0 Å². The third-order valence-corrected chi connectivity index (χ3v) is 5.38. The fourth-order valence-corrected chi connectivity index (χ4v) is 4.00. The van der Waals surface area contributed by atoms with E-state index in [1.54, 1.807) is 0 Å². The number of hydrogen-bond acceptors (Lipinski definition) is 5. The maximum absolute atomic E-state index is 13.6. The highest BCUT2D eigenvalue weighted by atomic mass is 35.5. The second-order valence-corrected chi connectivity index (χ2v) is 7.95. The highest BCUT2D eigenvalue weighted by molar-refractivity contribution is 7.91. The molecule has 0 bridgehead atoms. The number of ether oxygens (including phenoxy) is 1. The molecule has 0 unspecified atom stereocenters. The van der Waals surface area contributed by atoms with Crippen LogP contribution in [0.25, 0.3) is 0 Å². The first-order valence-electron chi connectivity index (χ1n) is 6.85. The van der Waals surface area contributed by atoms with Crippen molar-refractivity contribution in [2.24, 2.45) is 0 Å². The molecule has 9 heteroatoms. The van der Waals surface area contributed by atoms with Gasteiger partial charge in [-0.15, -0.1) is 0 Å². The van der Waals surface area contributed by atoms with E-state index in [1.807, 2.05) is 0 Å². The van der Waals surface area contributed by atoms with Crippen molar-refractivity contribution in [3.05, 3.63) is 34.6 Å². The lowest BCUT2D eigenvalue weighted by atomic mass is 10.2. The molecule has 2 rings (SSSR count). The molecule has 0 aromatic heterocycles. The summed E-state index contributed by atoms with van der Waals surface area (Å²) in [7, 11) is -3.13. The van der Waals surface area contributed by atoms with Crippen molar-refractivity contribution in [3.63, 3.8) is 0 Å². The molecule has 126 valence electrons. The molecule has 1 saturated heterocycles. The predicted octanol–water partition coefficient (Wildman–Crippen LogP) is 1.33. The first-order chi connectivity index (χ1) is 10.7. The van der Waals surface area contributed by atoms with Crippen LogP contribution in [0.5, 0.6) is 0 Å². The number of carbonyl (C=O) groups excluding carboxylic acids is 2. The number of nitrogens with one attached hydrogen (secondary N) is 1. The van der Waals surface area contributed by atoms with E-state index in [9.17, 15) is 22.4 Å². The number of sulfone groups is 1. The Morgan fingerprint density at radius 2 is 2.13 bits per heavy atom. The van der Waals surface area contributed by atoms with Gasteiger partial charge in [0.2, 0.25) is 0 Å². The maximum atomic E-state index is 13.6. The lowest BCUT2D eigenvalue weighted by Crippen LogP contribution is -2.42. The van der Waals surface area contributed by atoms with Crippen LogP contribution in [-0.2, 0) is 19.4 Å². The molecule has 1 amide bonds. The fraction of sp³-hybridized carbons (Fsp3) is 0.429. The van der Waals surface area contributed by atoms with Gasteiger partial charge in [-0.1, -0.05) is 11.6 Å². The van der Waals surface area contributed by atoms with Crippen LogP contribution in [0.2, 0.25) is 5.02 Å². The molecule has 1 N–H and O–H groups in total. The van der Waals surface area contributed by atoms with Crippen molar-refractivity contribution in [3.8, 4) is 0 Å². The third-order valence-electron chi connectivity index (χ3n) is 3.38. The molecule has 1 aliphatic heterocycles. The summed E-state index contributed by atoms with van der Waals surface area (Å²) in [5.74, 6) is -2.59. The summed E-state index contributed by atoms with van der Waals surface area (Å²) in [6.07, 6.45) is -0.873. The van der Waals surface area contributed by atoms with Gasteiger partial charge in [-0.25, -0.2) is 17.6 Å². The summed E-state index contributed by atoms with van der Waals surface area (Å²) < 4.78 is 41.1. The molecule has 2 atom stereocenters. The van der Waals surface area contributed by atoms with Gasteiger partial charge in [0.05, 0.1) is 17.1 Å². The molecule has 0 saturated carbocycles. The number of esters is 1. The van der Waals surface area contributed by atoms with E-state index in [0.29, 0.717) is 6.42 Å². The highest BCUT2D eigenvalue weighted by Crippen LogP contribution is 2.17. The lowest BCUT2D eigenvalue weighted by molar-refractivity contribution is -0.129. The van der Waals surface area contributed by atoms with E-state index < -0.39 is 39.7 Å². The van der Waals surface area contributed by atoms with Gasteiger partial charge in [-0.3, -0.25) is 4.79 Å². The van der Waals surface area contributed by atoms with Gasteiger partial charge in [-0.2, -0.15) is 0 Å². The van der Waals surface area contributed by atoms with Crippen LogP contribution in [0, 0.1) is 5.82 Å². The number of amides is 1. The quantitative estimate of drug-likeness (QED) is 0.815. The number of hydrogen-bond donors (Lipinski definition) is 1. The van der Waals surface area contributed by atoms with Crippen LogP contribution >= 0.6 is 11.6 Å². The molecule has 1 aromatic carbocycles. The minimum absolute atomic E-state index is 0.0137. The summed E-state index contributed by atoms with van der Waals surface area (Å²) >= 11 is 5.69. The van der Waals surface area contributed by atoms with Gasteiger partial charge in [0.15, 0.2) is 15.9 Å². The predicted molar refractivity (Wildman–Crippen MR) is 81.5 cm³/mol. The number of carbonyl (C=O) groups is 2. The molecule has 0 radical (unpaired) electrons. The van der Waals surface area contributed by atoms with Gasteiger partial charge >= 0.3 is 5.97 Å². The Morgan fingerprint density at radius 3 is 2.74 bits per heavy atom. The molecule has 23 heavy (non-hydrogen) atoms. The lowest BCUT2D eigenvalue weighted by Gasteiger charge is -2.16. The van der Waals surface area contributed by atoms with E-state index in [1.165, 1.54) is 13.0 Å². The summed E-state index contributed by atoms with van der Waals surface area (Å²) in [5.41, 5.74) is -0.374. The van der Waals surface area contributed by atoms with Crippen molar-refractivity contribution >= 4 is 33.3 Å². The summed E-state index contributed by atoms with van der Waals surface area (Å²) in [4.78, 5) is 23.8. The molecule has 6 nitrogen and oxygen atoms in total. The van der Waals surface area contributed by atoms with Crippen molar-refractivity contribution in [2.45, 2.75) is 25.5 Å². The van der Waals surface area contributed by atoms with E-state index in [0.717, 1.165) is 12.1 Å². The third kappa shape index (κ3) is 4.65. The first-order valence-corrected chi connectivity index (χ1v) is 9.05. The van der Waals surface area contributed by atoms with Gasteiger partial charge in [0.1, 0.15) is 5.82 Å². The molecular formula is C14H15ClFNO5S. The zero-order valence-corrected chi connectivity index (χ0v) is 13.8. The largest absolute Gasteiger partial charge is 0.449 e. The summed E-state index contributed by atoms with van der Waals surface area (Å²) in [5, 5.41) is 2.66. The van der Waals surface area contributed by atoms with Crippen LogP contribution in [0.1, 0.15) is 23.7 Å². The fourth-order valence-electron chi connectivity index (χ4n) is 2.16. The molecule has 1 heterocycles. The maximum Gasteiger partial charge on any atom is 0.341 e. The Morgan fingerprint density at radius 1 is 1.43 bits per heavy atom. The van der Waals surface area contributed by atoms with Gasteiger partial charge in [-0.05, 0) is 31.5 Å². The van der Waals surface area contributed by atoms with Gasteiger partial charge in [0.25, 0.3) is 5.91 Å². The standard InChI is InChI=1S/C14H15ClFNO5S/c1-8(13(18)17-10-4-5-23(20,21)7-10)22-14(19)11-6-9(15)2-3-12(11)16/h2-3,6,8,10H,4-5,7H2,1H3,(H,17,18)/t8-,10-/m0/s1. The van der Waals surface area contributed by atoms with Crippen LogP contribution in [0.4, 0.5) is 4.39 Å². The Hall–Kier alpha value is -1.67. The van der Waals surface area contributed by atoms with E-state index in [-0.39, 0.29) is 22.1 Å². The summed E-state index contributed by atoms with van der Waals surface area (Å²) in [6.45, 7) is 1.32. The highest BCUT2D eigenvalue weighted by Gasteiger charge is 2.31. The van der Waals surface area contributed by atoms with Crippen molar-refractivity contribution < 1.29 is 27.1 Å². The van der Waals surface area contributed by atoms with Crippen LogP contribution in [0.15, 0.2) is 18.2 Å². The number of benzene rings is 1. The number of rotatable bonds is 4. The Kier molecular flexibility index (Phi) is 5.26. The molecule has 1 aliphatic rings. The Bertz CT molecular complexity index is 737. The molecule has 1 fully saturated rings. The first kappa shape index (κ1) is 17.7. The summed E-state index contributed by atoms with van der Waals surface area (Å²) in [6, 6.07) is 2.90. The van der Waals surface area contributed by atoms with Crippen molar-refractivity contribution in [1.82, 2.24) is 5.32 Å². The minimum Gasteiger partial charge on any atom is -0.449 e. The van der Waals surface area contributed by atoms with Crippen LogP contribution in [-0.4, -0.2) is 43.9 Å². The zero-order chi connectivity index (χ0) is 17.2. The SMILES string of the molecule is C[C@H](OC(=O)c1cc(Cl)ccc1F)C(=O)N[C@H]1CCS(=O)(=O)C1. The zero-order valence-electron chi connectivity index (χ0n) is 12.2. The van der Waals surface area contributed by atoms with Crippen molar-refractivity contribution in [1.29, 1.82) is 0 Å². The van der Waals surface area contributed by atoms with E-state index in [4.69, 9.17) is 16.3 Å². The molecule has 1 aromatic rings. The minimum atomic E-state index is -3.13. The Balaban J connectivity index is 1.95.